The van der Waals surface area contributed by atoms with Gasteiger partial charge in [-0.3, -0.25) is 4.79 Å². The molecule has 0 atom stereocenters. The topological polar surface area (TPSA) is 74.6 Å². The molecular weight excluding hydrogens is 394 g/mol. The highest BCUT2D eigenvalue weighted by atomic mass is 16.7. The Labute approximate surface area is 178 Å². The van der Waals surface area contributed by atoms with E-state index in [2.05, 4.69) is 10.4 Å². The normalized spacial score (nSPS) is 11.9. The number of anilines is 1. The summed E-state index contributed by atoms with van der Waals surface area (Å²) in [5.74, 6) is 1.71. The number of hydrogen-bond acceptors (Lipinski definition) is 5. The maximum Gasteiger partial charge on any atom is 0.276 e. The molecule has 7 heteroatoms. The first kappa shape index (κ1) is 18.7. The number of aromatic nitrogens is 2. The van der Waals surface area contributed by atoms with Crippen molar-refractivity contribution >= 4 is 11.6 Å². The Morgan fingerprint density at radius 3 is 2.52 bits per heavy atom. The van der Waals surface area contributed by atoms with Crippen LogP contribution in [0.2, 0.25) is 0 Å². The summed E-state index contributed by atoms with van der Waals surface area (Å²) in [4.78, 5) is 13.0. The molecule has 1 aromatic heterocycles. The van der Waals surface area contributed by atoms with Gasteiger partial charge in [0.25, 0.3) is 5.91 Å². The van der Waals surface area contributed by atoms with Gasteiger partial charge in [-0.1, -0.05) is 18.2 Å². The molecule has 2 heterocycles. The van der Waals surface area contributed by atoms with E-state index >= 15 is 0 Å². The van der Waals surface area contributed by atoms with E-state index in [4.69, 9.17) is 14.2 Å². The number of para-hydroxylation sites is 1. The third-order valence-electron chi connectivity index (χ3n) is 4.96. The number of benzene rings is 3. The number of hydrogen-bond donors (Lipinski definition) is 1. The fourth-order valence-electron chi connectivity index (χ4n) is 3.39. The van der Waals surface area contributed by atoms with Crippen LogP contribution in [-0.4, -0.2) is 29.6 Å². The molecule has 5 rings (SSSR count). The van der Waals surface area contributed by atoms with Gasteiger partial charge < -0.3 is 19.5 Å². The predicted molar refractivity (Wildman–Crippen MR) is 116 cm³/mol. The molecule has 1 aliphatic rings. The first-order valence-electron chi connectivity index (χ1n) is 9.72. The van der Waals surface area contributed by atoms with Gasteiger partial charge in [-0.2, -0.15) is 5.10 Å². The number of carbonyl (C=O) groups is 1. The molecule has 0 saturated heterocycles. The SMILES string of the molecule is COc1ccc(-c2cc(C(=O)Nc3ccc4c(c3)OCO4)nn2-c2ccccc2)cc1. The highest BCUT2D eigenvalue weighted by Gasteiger charge is 2.19. The highest BCUT2D eigenvalue weighted by Crippen LogP contribution is 2.34. The van der Waals surface area contributed by atoms with Crippen LogP contribution in [-0.2, 0) is 0 Å². The van der Waals surface area contributed by atoms with Crippen LogP contribution in [0.5, 0.6) is 17.2 Å². The minimum absolute atomic E-state index is 0.180. The Morgan fingerprint density at radius 2 is 1.74 bits per heavy atom. The van der Waals surface area contributed by atoms with E-state index in [1.165, 1.54) is 0 Å². The number of methoxy groups -OCH3 is 1. The van der Waals surface area contributed by atoms with Gasteiger partial charge in [0, 0.05) is 17.3 Å². The third kappa shape index (κ3) is 3.69. The van der Waals surface area contributed by atoms with Crippen LogP contribution < -0.4 is 19.5 Å². The molecule has 0 spiro atoms. The van der Waals surface area contributed by atoms with Crippen molar-refractivity contribution in [2.45, 2.75) is 0 Å². The van der Waals surface area contributed by atoms with Crippen molar-refractivity contribution in [3.63, 3.8) is 0 Å². The largest absolute Gasteiger partial charge is 0.497 e. The van der Waals surface area contributed by atoms with E-state index in [0.29, 0.717) is 22.9 Å². The van der Waals surface area contributed by atoms with Crippen LogP contribution in [0.3, 0.4) is 0 Å². The summed E-state index contributed by atoms with van der Waals surface area (Å²) in [6.45, 7) is 0.180. The van der Waals surface area contributed by atoms with E-state index in [9.17, 15) is 4.79 Å². The number of nitrogens with zero attached hydrogens (tertiary/aromatic N) is 2. The van der Waals surface area contributed by atoms with Gasteiger partial charge in [0.1, 0.15) is 5.75 Å². The van der Waals surface area contributed by atoms with Gasteiger partial charge in [0.2, 0.25) is 6.79 Å². The molecule has 4 aromatic rings. The second-order valence-electron chi connectivity index (χ2n) is 6.91. The first-order chi connectivity index (χ1) is 15.2. The van der Waals surface area contributed by atoms with Crippen molar-refractivity contribution in [3.8, 4) is 34.2 Å². The van der Waals surface area contributed by atoms with E-state index in [1.807, 2.05) is 54.6 Å². The summed E-state index contributed by atoms with van der Waals surface area (Å²) in [5.41, 5.74) is 3.47. The first-order valence-corrected chi connectivity index (χ1v) is 9.72. The van der Waals surface area contributed by atoms with Gasteiger partial charge in [0.15, 0.2) is 17.2 Å². The van der Waals surface area contributed by atoms with E-state index in [-0.39, 0.29) is 12.7 Å². The van der Waals surface area contributed by atoms with Crippen LogP contribution >= 0.6 is 0 Å². The monoisotopic (exact) mass is 413 g/mol. The second-order valence-corrected chi connectivity index (χ2v) is 6.91. The summed E-state index contributed by atoms with van der Waals surface area (Å²) in [6, 6.07) is 24.4. The van der Waals surface area contributed by atoms with Crippen molar-refractivity contribution in [2.24, 2.45) is 0 Å². The number of ether oxygens (including phenoxy) is 3. The molecule has 0 radical (unpaired) electrons. The summed E-state index contributed by atoms with van der Waals surface area (Å²) >= 11 is 0. The smallest absolute Gasteiger partial charge is 0.276 e. The molecular formula is C24H19N3O4. The zero-order valence-electron chi connectivity index (χ0n) is 16.7. The standard InChI is InChI=1S/C24H19N3O4/c1-29-19-10-7-16(8-11-19)21-14-20(26-27(21)18-5-3-2-4-6-18)24(28)25-17-9-12-22-23(13-17)31-15-30-22/h2-14H,15H2,1H3,(H,25,28). The average Bonchev–Trinajstić information content (AvgIpc) is 3.47. The van der Waals surface area contributed by atoms with Crippen molar-refractivity contribution in [1.82, 2.24) is 9.78 Å². The fourth-order valence-corrected chi connectivity index (χ4v) is 3.39. The molecule has 0 fully saturated rings. The van der Waals surface area contributed by atoms with Gasteiger partial charge in [-0.25, -0.2) is 4.68 Å². The molecule has 1 aliphatic heterocycles. The highest BCUT2D eigenvalue weighted by molar-refractivity contribution is 6.03. The lowest BCUT2D eigenvalue weighted by molar-refractivity contribution is 0.102. The molecule has 0 saturated carbocycles. The Kier molecular flexibility index (Phi) is 4.76. The number of fused-ring (bicyclic) bond motifs is 1. The van der Waals surface area contributed by atoms with Crippen LogP contribution in [0.25, 0.3) is 16.9 Å². The molecule has 154 valence electrons. The number of amides is 1. The number of nitrogens with one attached hydrogen (secondary N) is 1. The van der Waals surface area contributed by atoms with E-state index in [1.54, 1.807) is 36.1 Å². The molecule has 31 heavy (non-hydrogen) atoms. The van der Waals surface area contributed by atoms with Crippen LogP contribution in [0.1, 0.15) is 10.5 Å². The van der Waals surface area contributed by atoms with Gasteiger partial charge in [-0.15, -0.1) is 0 Å². The molecule has 1 N–H and O–H groups in total. The summed E-state index contributed by atoms with van der Waals surface area (Å²) in [6.07, 6.45) is 0. The Hall–Kier alpha value is -4.26. The van der Waals surface area contributed by atoms with E-state index in [0.717, 1.165) is 22.7 Å². The zero-order valence-corrected chi connectivity index (χ0v) is 16.7. The molecule has 1 amide bonds. The third-order valence-corrected chi connectivity index (χ3v) is 4.96. The maximum atomic E-state index is 13.0. The van der Waals surface area contributed by atoms with Crippen molar-refractivity contribution in [1.29, 1.82) is 0 Å². The van der Waals surface area contributed by atoms with Crippen LogP contribution in [0, 0.1) is 0 Å². The Balaban J connectivity index is 1.50. The minimum atomic E-state index is -0.316. The molecule has 0 bridgehead atoms. The average molecular weight is 413 g/mol. The Bertz CT molecular complexity index is 1230. The Morgan fingerprint density at radius 1 is 0.968 bits per heavy atom. The second kappa shape index (κ2) is 7.87. The molecule has 0 aliphatic carbocycles. The zero-order chi connectivity index (χ0) is 21.2. The fraction of sp³-hybridized carbons (Fsp3) is 0.0833. The van der Waals surface area contributed by atoms with Crippen molar-refractivity contribution < 1.29 is 19.0 Å². The van der Waals surface area contributed by atoms with Crippen LogP contribution in [0.15, 0.2) is 78.9 Å². The van der Waals surface area contributed by atoms with Gasteiger partial charge in [0.05, 0.1) is 18.5 Å². The van der Waals surface area contributed by atoms with Crippen LogP contribution in [0.4, 0.5) is 5.69 Å². The predicted octanol–water partition coefficient (Wildman–Crippen LogP) is 4.53. The van der Waals surface area contributed by atoms with E-state index < -0.39 is 0 Å². The van der Waals surface area contributed by atoms with Crippen molar-refractivity contribution in [2.75, 3.05) is 19.2 Å². The summed E-state index contributed by atoms with van der Waals surface area (Å²) < 4.78 is 17.7. The molecule has 3 aromatic carbocycles. The molecule has 7 nitrogen and oxygen atoms in total. The minimum Gasteiger partial charge on any atom is -0.497 e. The lowest BCUT2D eigenvalue weighted by atomic mass is 10.1. The summed E-state index contributed by atoms with van der Waals surface area (Å²) in [7, 11) is 1.63. The molecule has 0 unspecified atom stereocenters. The lowest BCUT2D eigenvalue weighted by Gasteiger charge is -2.08. The van der Waals surface area contributed by atoms with Gasteiger partial charge in [-0.05, 0) is 54.6 Å². The van der Waals surface area contributed by atoms with Gasteiger partial charge >= 0.3 is 0 Å². The summed E-state index contributed by atoms with van der Waals surface area (Å²) in [5, 5.41) is 7.46. The lowest BCUT2D eigenvalue weighted by Crippen LogP contribution is -2.13. The quantitative estimate of drug-likeness (QED) is 0.520. The maximum absolute atomic E-state index is 13.0. The number of rotatable bonds is 5. The van der Waals surface area contributed by atoms with Crippen molar-refractivity contribution in [3.05, 3.63) is 84.6 Å². The number of carbonyl (C=O) groups excluding carboxylic acids is 1.